The number of furan rings is 1. The van der Waals surface area contributed by atoms with Crippen LogP contribution in [0.3, 0.4) is 0 Å². The predicted octanol–water partition coefficient (Wildman–Crippen LogP) is 3.74. The van der Waals surface area contributed by atoms with Gasteiger partial charge in [-0.2, -0.15) is 0 Å². The molecule has 0 spiro atoms. The summed E-state index contributed by atoms with van der Waals surface area (Å²) in [7, 11) is 0. The van der Waals surface area contributed by atoms with Gasteiger partial charge in [0.05, 0.1) is 6.54 Å². The average molecular weight is 305 g/mol. The Labute approximate surface area is 129 Å². The highest BCUT2D eigenvalue weighted by Gasteiger charge is 2.16. The second kappa shape index (κ2) is 7.22. The zero-order valence-corrected chi connectivity index (χ0v) is 12.7. The minimum absolute atomic E-state index is 0.275. The highest BCUT2D eigenvalue weighted by molar-refractivity contribution is 5.73. The largest absolute Gasteiger partial charge is 0.480 e. The number of carbonyl (C=O) groups is 1. The minimum atomic E-state index is -0.866. The summed E-state index contributed by atoms with van der Waals surface area (Å²) in [6.45, 7) is 3.97. The fourth-order valence-electron chi connectivity index (χ4n) is 2.32. The molecule has 22 heavy (non-hydrogen) atoms. The summed E-state index contributed by atoms with van der Waals surface area (Å²) < 4.78 is 19.3. The number of hydrogen-bond donors (Lipinski definition) is 2. The summed E-state index contributed by atoms with van der Waals surface area (Å²) in [6.07, 6.45) is 1.35. The Bertz CT molecular complexity index is 651. The standard InChI is InChI=1S/C17H20FNO3/c1-3-5-15(17(20)21)19-10-12-8-9-16(22-12)13-6-4-7-14(18)11(13)2/h4,6-9,15,19H,3,5,10H2,1-2H3,(H,20,21). The van der Waals surface area contributed by atoms with Crippen molar-refractivity contribution in [2.75, 3.05) is 0 Å². The van der Waals surface area contributed by atoms with Crippen LogP contribution in [0.15, 0.2) is 34.7 Å². The van der Waals surface area contributed by atoms with Gasteiger partial charge in [-0.25, -0.2) is 4.39 Å². The number of nitrogens with one attached hydrogen (secondary N) is 1. The molecule has 118 valence electrons. The molecule has 0 amide bonds. The van der Waals surface area contributed by atoms with Gasteiger partial charge in [-0.3, -0.25) is 10.1 Å². The summed E-state index contributed by atoms with van der Waals surface area (Å²) in [4.78, 5) is 11.1. The SMILES string of the molecule is CCCC(NCc1ccc(-c2cccc(F)c2C)o1)C(=O)O. The van der Waals surface area contributed by atoms with Crippen LogP contribution >= 0.6 is 0 Å². The first-order chi connectivity index (χ1) is 10.5. The van der Waals surface area contributed by atoms with Crippen LogP contribution in [0.5, 0.6) is 0 Å². The predicted molar refractivity (Wildman–Crippen MR) is 82.0 cm³/mol. The third kappa shape index (κ3) is 3.74. The van der Waals surface area contributed by atoms with Crippen LogP contribution in [0.2, 0.25) is 0 Å². The van der Waals surface area contributed by atoms with Crippen molar-refractivity contribution in [3.8, 4) is 11.3 Å². The van der Waals surface area contributed by atoms with Crippen LogP contribution < -0.4 is 5.32 Å². The van der Waals surface area contributed by atoms with Gasteiger partial charge in [0.2, 0.25) is 0 Å². The number of rotatable bonds is 7. The van der Waals surface area contributed by atoms with Crippen LogP contribution in [0.1, 0.15) is 31.1 Å². The van der Waals surface area contributed by atoms with Crippen molar-refractivity contribution >= 4 is 5.97 Å². The molecule has 1 atom stereocenters. The van der Waals surface area contributed by atoms with Gasteiger partial charge in [-0.05, 0) is 37.1 Å². The van der Waals surface area contributed by atoms with E-state index < -0.39 is 12.0 Å². The maximum Gasteiger partial charge on any atom is 0.320 e. The summed E-state index contributed by atoms with van der Waals surface area (Å²) in [6, 6.07) is 7.80. The van der Waals surface area contributed by atoms with E-state index in [0.717, 1.165) is 6.42 Å². The molecule has 2 aromatic rings. The van der Waals surface area contributed by atoms with E-state index in [4.69, 9.17) is 9.52 Å². The first-order valence-corrected chi connectivity index (χ1v) is 7.33. The van der Waals surface area contributed by atoms with Gasteiger partial charge in [-0.15, -0.1) is 0 Å². The van der Waals surface area contributed by atoms with Gasteiger partial charge in [0.1, 0.15) is 23.4 Å². The van der Waals surface area contributed by atoms with Crippen molar-refractivity contribution in [3.05, 3.63) is 47.5 Å². The van der Waals surface area contributed by atoms with Crippen LogP contribution in [0.25, 0.3) is 11.3 Å². The Morgan fingerprint density at radius 2 is 2.14 bits per heavy atom. The third-order valence-electron chi connectivity index (χ3n) is 3.59. The van der Waals surface area contributed by atoms with E-state index in [1.807, 2.05) is 6.92 Å². The molecule has 0 bridgehead atoms. The molecule has 0 saturated heterocycles. The fourth-order valence-corrected chi connectivity index (χ4v) is 2.32. The van der Waals surface area contributed by atoms with E-state index in [0.29, 0.717) is 35.6 Å². The number of halogens is 1. The number of carboxylic acids is 1. The highest BCUT2D eigenvalue weighted by atomic mass is 19.1. The Morgan fingerprint density at radius 1 is 1.36 bits per heavy atom. The quantitative estimate of drug-likeness (QED) is 0.818. The Balaban J connectivity index is 2.08. The van der Waals surface area contributed by atoms with Gasteiger partial charge in [0.25, 0.3) is 0 Å². The lowest BCUT2D eigenvalue weighted by atomic mass is 10.1. The van der Waals surface area contributed by atoms with E-state index >= 15 is 0 Å². The Morgan fingerprint density at radius 3 is 2.82 bits per heavy atom. The molecular formula is C17H20FNO3. The minimum Gasteiger partial charge on any atom is -0.480 e. The topological polar surface area (TPSA) is 62.5 Å². The first kappa shape index (κ1) is 16.2. The van der Waals surface area contributed by atoms with Crippen molar-refractivity contribution in [2.24, 2.45) is 0 Å². The van der Waals surface area contributed by atoms with E-state index in [1.165, 1.54) is 6.07 Å². The molecule has 2 N–H and O–H groups in total. The highest BCUT2D eigenvalue weighted by Crippen LogP contribution is 2.26. The van der Waals surface area contributed by atoms with Gasteiger partial charge in [-0.1, -0.05) is 25.5 Å². The molecule has 0 saturated carbocycles. The Hall–Kier alpha value is -2.14. The summed E-state index contributed by atoms with van der Waals surface area (Å²) >= 11 is 0. The molecule has 0 aliphatic rings. The van der Waals surface area contributed by atoms with Crippen LogP contribution in [-0.2, 0) is 11.3 Å². The van der Waals surface area contributed by atoms with Gasteiger partial charge < -0.3 is 9.52 Å². The summed E-state index contributed by atoms with van der Waals surface area (Å²) in [5.41, 5.74) is 1.24. The number of benzene rings is 1. The third-order valence-corrected chi connectivity index (χ3v) is 3.59. The number of hydrogen-bond acceptors (Lipinski definition) is 3. The van der Waals surface area contributed by atoms with Crippen molar-refractivity contribution in [2.45, 2.75) is 39.3 Å². The lowest BCUT2D eigenvalue weighted by Gasteiger charge is -2.12. The van der Waals surface area contributed by atoms with E-state index in [9.17, 15) is 9.18 Å². The first-order valence-electron chi connectivity index (χ1n) is 7.33. The molecule has 1 heterocycles. The Kier molecular flexibility index (Phi) is 5.33. The molecule has 1 aromatic carbocycles. The molecule has 0 radical (unpaired) electrons. The van der Waals surface area contributed by atoms with Crippen molar-refractivity contribution in [1.29, 1.82) is 0 Å². The van der Waals surface area contributed by atoms with Gasteiger partial charge >= 0.3 is 5.97 Å². The fraction of sp³-hybridized carbons (Fsp3) is 0.353. The van der Waals surface area contributed by atoms with E-state index in [1.54, 1.807) is 31.2 Å². The molecule has 4 nitrogen and oxygen atoms in total. The maximum atomic E-state index is 13.6. The van der Waals surface area contributed by atoms with E-state index in [-0.39, 0.29) is 5.82 Å². The summed E-state index contributed by atoms with van der Waals surface area (Å²) in [5.74, 6) is 0.0641. The second-order valence-corrected chi connectivity index (χ2v) is 5.24. The molecule has 5 heteroatoms. The zero-order valence-electron chi connectivity index (χ0n) is 12.7. The van der Waals surface area contributed by atoms with Crippen molar-refractivity contribution in [1.82, 2.24) is 5.32 Å². The van der Waals surface area contributed by atoms with Gasteiger partial charge in [0.15, 0.2) is 0 Å². The molecule has 0 fully saturated rings. The maximum absolute atomic E-state index is 13.6. The normalized spacial score (nSPS) is 12.3. The van der Waals surface area contributed by atoms with E-state index in [2.05, 4.69) is 5.32 Å². The molecule has 1 unspecified atom stereocenters. The van der Waals surface area contributed by atoms with Crippen molar-refractivity contribution < 1.29 is 18.7 Å². The number of aliphatic carboxylic acids is 1. The second-order valence-electron chi connectivity index (χ2n) is 5.24. The average Bonchev–Trinajstić information content (AvgIpc) is 2.94. The lowest BCUT2D eigenvalue weighted by Crippen LogP contribution is -2.35. The van der Waals surface area contributed by atoms with Crippen LogP contribution in [-0.4, -0.2) is 17.1 Å². The van der Waals surface area contributed by atoms with Crippen molar-refractivity contribution in [3.63, 3.8) is 0 Å². The molecular weight excluding hydrogens is 285 g/mol. The molecule has 0 aliphatic carbocycles. The number of carboxylic acid groups (broad SMARTS) is 1. The smallest absolute Gasteiger partial charge is 0.320 e. The van der Waals surface area contributed by atoms with Crippen LogP contribution in [0, 0.1) is 12.7 Å². The van der Waals surface area contributed by atoms with Gasteiger partial charge in [0, 0.05) is 5.56 Å². The lowest BCUT2D eigenvalue weighted by molar-refractivity contribution is -0.139. The monoisotopic (exact) mass is 305 g/mol. The molecule has 1 aromatic heterocycles. The zero-order chi connectivity index (χ0) is 16.1. The van der Waals surface area contributed by atoms with Crippen LogP contribution in [0.4, 0.5) is 4.39 Å². The molecule has 2 rings (SSSR count). The molecule has 0 aliphatic heterocycles. The summed E-state index contributed by atoms with van der Waals surface area (Å²) in [5, 5.41) is 12.1.